The Balaban J connectivity index is 1.56. The summed E-state index contributed by atoms with van der Waals surface area (Å²) in [4.78, 5) is 14.7. The Hall–Kier alpha value is -2.30. The lowest BCUT2D eigenvalue weighted by Gasteiger charge is -2.32. The lowest BCUT2D eigenvalue weighted by molar-refractivity contribution is -0.0237. The molecule has 1 amide bonds. The van der Waals surface area contributed by atoms with Crippen LogP contribution in [0.15, 0.2) is 52.9 Å². The minimum absolute atomic E-state index is 0.0992. The van der Waals surface area contributed by atoms with Crippen molar-refractivity contribution < 1.29 is 13.9 Å². The van der Waals surface area contributed by atoms with Gasteiger partial charge in [-0.05, 0) is 36.2 Å². The third kappa shape index (κ3) is 3.15. The van der Waals surface area contributed by atoms with Gasteiger partial charge in [0.05, 0.1) is 13.2 Å². The Bertz CT molecular complexity index is 916. The molecule has 1 aromatic heterocycles. The largest absolute Gasteiger partial charge is 0.451 e. The van der Waals surface area contributed by atoms with E-state index in [0.717, 1.165) is 22.1 Å². The van der Waals surface area contributed by atoms with Crippen LogP contribution in [0.3, 0.4) is 0 Å². The number of benzene rings is 2. The molecule has 2 heterocycles. The number of para-hydroxylation sites is 1. The van der Waals surface area contributed by atoms with Gasteiger partial charge in [0.15, 0.2) is 5.76 Å². The quantitative estimate of drug-likeness (QED) is 0.674. The zero-order chi connectivity index (χ0) is 17.4. The second kappa shape index (κ2) is 6.54. The van der Waals surface area contributed by atoms with E-state index in [4.69, 9.17) is 20.8 Å². The van der Waals surface area contributed by atoms with Gasteiger partial charge in [-0.1, -0.05) is 41.9 Å². The SMILES string of the molecule is Cc1cccc2cc(C(=O)N3CCOC(c4ccc(Cl)cc4)C3)oc12. The summed E-state index contributed by atoms with van der Waals surface area (Å²) in [7, 11) is 0. The van der Waals surface area contributed by atoms with Crippen molar-refractivity contribution in [1.29, 1.82) is 0 Å². The lowest BCUT2D eigenvalue weighted by Crippen LogP contribution is -2.42. The first-order chi connectivity index (χ1) is 12.1. The van der Waals surface area contributed by atoms with Crippen molar-refractivity contribution in [3.8, 4) is 0 Å². The molecule has 4 rings (SSSR count). The maximum absolute atomic E-state index is 12.9. The van der Waals surface area contributed by atoms with E-state index in [1.54, 1.807) is 4.90 Å². The molecule has 4 nitrogen and oxygen atoms in total. The first-order valence-electron chi connectivity index (χ1n) is 8.27. The van der Waals surface area contributed by atoms with Crippen molar-refractivity contribution in [1.82, 2.24) is 4.90 Å². The molecule has 0 aliphatic carbocycles. The molecular formula is C20H18ClNO3. The molecule has 1 saturated heterocycles. The van der Waals surface area contributed by atoms with E-state index >= 15 is 0 Å². The number of nitrogens with zero attached hydrogens (tertiary/aromatic N) is 1. The Kier molecular flexibility index (Phi) is 4.24. The highest BCUT2D eigenvalue weighted by Gasteiger charge is 2.28. The molecule has 1 atom stereocenters. The summed E-state index contributed by atoms with van der Waals surface area (Å²) in [5, 5.41) is 1.64. The number of aryl methyl sites for hydroxylation is 1. The summed E-state index contributed by atoms with van der Waals surface area (Å²) in [6, 6.07) is 15.3. The molecule has 1 aliphatic heterocycles. The second-order valence-corrected chi connectivity index (χ2v) is 6.70. The van der Waals surface area contributed by atoms with Crippen LogP contribution in [0.4, 0.5) is 0 Å². The van der Waals surface area contributed by atoms with E-state index in [1.165, 1.54) is 0 Å². The van der Waals surface area contributed by atoms with E-state index in [1.807, 2.05) is 55.5 Å². The summed E-state index contributed by atoms with van der Waals surface area (Å²) < 4.78 is 11.7. The van der Waals surface area contributed by atoms with Crippen LogP contribution >= 0.6 is 11.6 Å². The van der Waals surface area contributed by atoms with Gasteiger partial charge in [0.2, 0.25) is 0 Å². The van der Waals surface area contributed by atoms with Gasteiger partial charge in [-0.15, -0.1) is 0 Å². The van der Waals surface area contributed by atoms with Crippen molar-refractivity contribution in [3.63, 3.8) is 0 Å². The summed E-state index contributed by atoms with van der Waals surface area (Å²) in [6.07, 6.45) is -0.152. The van der Waals surface area contributed by atoms with E-state index in [-0.39, 0.29) is 12.0 Å². The number of carbonyl (C=O) groups excluding carboxylic acids is 1. The Morgan fingerprint density at radius 2 is 2.00 bits per heavy atom. The van der Waals surface area contributed by atoms with E-state index in [0.29, 0.717) is 30.5 Å². The fourth-order valence-corrected chi connectivity index (χ4v) is 3.31. The standard InChI is InChI=1S/C20H18ClNO3/c1-13-3-2-4-15-11-17(25-19(13)15)20(23)22-9-10-24-18(12-22)14-5-7-16(21)8-6-14/h2-8,11,18H,9-10,12H2,1H3. The summed E-state index contributed by atoms with van der Waals surface area (Å²) >= 11 is 5.94. The normalized spacial score (nSPS) is 17.8. The van der Waals surface area contributed by atoms with E-state index in [2.05, 4.69) is 0 Å². The third-order valence-corrected chi connectivity index (χ3v) is 4.80. The number of morpholine rings is 1. The van der Waals surface area contributed by atoms with Crippen molar-refractivity contribution in [2.45, 2.75) is 13.0 Å². The van der Waals surface area contributed by atoms with Crippen LogP contribution in [0, 0.1) is 6.92 Å². The van der Waals surface area contributed by atoms with Crippen LogP contribution in [-0.2, 0) is 4.74 Å². The zero-order valence-electron chi connectivity index (χ0n) is 13.9. The van der Waals surface area contributed by atoms with Gasteiger partial charge in [-0.3, -0.25) is 4.79 Å². The number of carbonyl (C=O) groups is 1. The molecule has 1 unspecified atom stereocenters. The molecule has 128 valence electrons. The maximum atomic E-state index is 12.9. The zero-order valence-corrected chi connectivity index (χ0v) is 14.6. The number of halogens is 1. The molecule has 0 bridgehead atoms. The number of fused-ring (bicyclic) bond motifs is 1. The third-order valence-electron chi connectivity index (χ3n) is 4.55. The van der Waals surface area contributed by atoms with Gasteiger partial charge in [0.25, 0.3) is 5.91 Å². The van der Waals surface area contributed by atoms with Crippen molar-refractivity contribution >= 4 is 28.5 Å². The Morgan fingerprint density at radius 1 is 1.20 bits per heavy atom. The van der Waals surface area contributed by atoms with Crippen LogP contribution in [0.5, 0.6) is 0 Å². The molecule has 1 aliphatic rings. The molecule has 1 fully saturated rings. The molecule has 0 radical (unpaired) electrons. The predicted octanol–water partition coefficient (Wildman–Crippen LogP) is 4.61. The van der Waals surface area contributed by atoms with E-state index in [9.17, 15) is 4.79 Å². The van der Waals surface area contributed by atoms with Crippen molar-refractivity contribution in [3.05, 3.63) is 70.4 Å². The molecule has 0 N–H and O–H groups in total. The van der Waals surface area contributed by atoms with Crippen LogP contribution < -0.4 is 0 Å². The molecular weight excluding hydrogens is 338 g/mol. The topological polar surface area (TPSA) is 42.7 Å². The molecule has 0 saturated carbocycles. The summed E-state index contributed by atoms with van der Waals surface area (Å²) in [5.41, 5.74) is 2.81. The highest BCUT2D eigenvalue weighted by molar-refractivity contribution is 6.30. The van der Waals surface area contributed by atoms with Crippen LogP contribution in [0.2, 0.25) is 5.02 Å². The Labute approximate surface area is 150 Å². The highest BCUT2D eigenvalue weighted by Crippen LogP contribution is 2.27. The van der Waals surface area contributed by atoms with Crippen molar-refractivity contribution in [2.24, 2.45) is 0 Å². The predicted molar refractivity (Wildman–Crippen MR) is 97.0 cm³/mol. The number of hydrogen-bond donors (Lipinski definition) is 0. The second-order valence-electron chi connectivity index (χ2n) is 6.27. The number of amides is 1. The molecule has 2 aromatic carbocycles. The number of rotatable bonds is 2. The van der Waals surface area contributed by atoms with Crippen molar-refractivity contribution in [2.75, 3.05) is 19.7 Å². The molecule has 3 aromatic rings. The minimum Gasteiger partial charge on any atom is -0.451 e. The monoisotopic (exact) mass is 355 g/mol. The lowest BCUT2D eigenvalue weighted by atomic mass is 10.1. The van der Waals surface area contributed by atoms with Gasteiger partial charge in [-0.2, -0.15) is 0 Å². The molecule has 0 spiro atoms. The van der Waals surface area contributed by atoms with Crippen LogP contribution in [-0.4, -0.2) is 30.5 Å². The first kappa shape index (κ1) is 16.2. The average Bonchev–Trinajstić information content (AvgIpc) is 3.07. The molecule has 5 heteroatoms. The first-order valence-corrected chi connectivity index (χ1v) is 8.65. The smallest absolute Gasteiger partial charge is 0.289 e. The Morgan fingerprint density at radius 3 is 2.76 bits per heavy atom. The van der Waals surface area contributed by atoms with E-state index < -0.39 is 0 Å². The van der Waals surface area contributed by atoms with Gasteiger partial charge in [0, 0.05) is 17.0 Å². The van der Waals surface area contributed by atoms with Gasteiger partial charge in [-0.25, -0.2) is 0 Å². The fraction of sp³-hybridized carbons (Fsp3) is 0.250. The number of furan rings is 1. The number of hydrogen-bond acceptors (Lipinski definition) is 3. The maximum Gasteiger partial charge on any atom is 0.289 e. The minimum atomic E-state index is -0.152. The fourth-order valence-electron chi connectivity index (χ4n) is 3.18. The van der Waals surface area contributed by atoms with Gasteiger partial charge >= 0.3 is 0 Å². The van der Waals surface area contributed by atoms with Crippen LogP contribution in [0.1, 0.15) is 27.8 Å². The summed E-state index contributed by atoms with van der Waals surface area (Å²) in [6.45, 7) is 3.53. The average molecular weight is 356 g/mol. The van der Waals surface area contributed by atoms with Gasteiger partial charge < -0.3 is 14.1 Å². The molecule has 25 heavy (non-hydrogen) atoms. The highest BCUT2D eigenvalue weighted by atomic mass is 35.5. The van der Waals surface area contributed by atoms with Crippen LogP contribution in [0.25, 0.3) is 11.0 Å². The van der Waals surface area contributed by atoms with Gasteiger partial charge in [0.1, 0.15) is 11.7 Å². The number of ether oxygens (including phenoxy) is 1. The summed E-state index contributed by atoms with van der Waals surface area (Å²) in [5.74, 6) is 0.277.